The van der Waals surface area contributed by atoms with Gasteiger partial charge in [0, 0.05) is 31.6 Å². The molecule has 0 aliphatic carbocycles. The minimum absolute atomic E-state index is 0.0370. The largest absolute Gasteiger partial charge is 0.494 e. The van der Waals surface area contributed by atoms with Gasteiger partial charge in [-0.05, 0) is 66.6 Å². The second-order valence-corrected chi connectivity index (χ2v) is 8.99. The molecule has 0 unspecified atom stereocenters. The molecule has 0 aromatic heterocycles. The molecule has 0 heterocycles. The van der Waals surface area contributed by atoms with Crippen molar-refractivity contribution < 1.29 is 9.53 Å². The van der Waals surface area contributed by atoms with Gasteiger partial charge in [0.1, 0.15) is 17.4 Å². The molecule has 4 nitrogen and oxygen atoms in total. The van der Waals surface area contributed by atoms with Crippen molar-refractivity contribution in [2.45, 2.75) is 13.3 Å². The fourth-order valence-corrected chi connectivity index (χ4v) is 4.02. The summed E-state index contributed by atoms with van der Waals surface area (Å²) in [6.45, 7) is 2.35. The Balaban J connectivity index is 1.91. The molecule has 32 heavy (non-hydrogen) atoms. The van der Waals surface area contributed by atoms with Crippen LogP contribution < -0.4 is 10.1 Å². The Kier molecular flexibility index (Phi) is 8.52. The lowest BCUT2D eigenvalue weighted by molar-refractivity contribution is -0.112. The topological polar surface area (TPSA) is 62.1 Å². The van der Waals surface area contributed by atoms with E-state index >= 15 is 0 Å². The first-order chi connectivity index (χ1) is 15.4. The molecule has 0 atom stereocenters. The van der Waals surface area contributed by atoms with Crippen LogP contribution in [-0.2, 0) is 11.2 Å². The van der Waals surface area contributed by atoms with Crippen molar-refractivity contribution in [2.24, 2.45) is 0 Å². The van der Waals surface area contributed by atoms with E-state index in [1.807, 2.05) is 49.4 Å². The van der Waals surface area contributed by atoms with Crippen LogP contribution in [0.25, 0.3) is 6.08 Å². The van der Waals surface area contributed by atoms with E-state index in [-0.39, 0.29) is 5.57 Å². The van der Waals surface area contributed by atoms with Crippen LogP contribution in [0, 0.1) is 11.3 Å². The number of nitrogens with one attached hydrogen (secondary N) is 1. The monoisotopic (exact) mass is 572 g/mol. The van der Waals surface area contributed by atoms with Crippen LogP contribution in [0.3, 0.4) is 0 Å². The molecule has 3 rings (SSSR count). The smallest absolute Gasteiger partial charge is 0.266 e. The summed E-state index contributed by atoms with van der Waals surface area (Å²) in [6, 6.07) is 20.5. The standard InChI is InChI=1S/C25H19Br2ClN2O2/c1-2-32-24-13-16(12-23(28)21(24)14-17-5-3-4-6-22(17)27)11-18(15-29)25(31)30-20-9-7-19(26)8-10-20/h3-13H,2,14H2,1H3,(H,30,31)/b18-11+. The summed E-state index contributed by atoms with van der Waals surface area (Å²) in [6.07, 6.45) is 2.08. The van der Waals surface area contributed by atoms with Gasteiger partial charge < -0.3 is 10.1 Å². The fraction of sp³-hybridized carbons (Fsp3) is 0.120. The number of ether oxygens (including phenoxy) is 1. The average molecular weight is 575 g/mol. The molecule has 0 aliphatic heterocycles. The SMILES string of the molecule is CCOc1cc(/C=C(\C#N)C(=O)Nc2ccc(Br)cc2)cc(Cl)c1Cc1ccccc1Br. The summed E-state index contributed by atoms with van der Waals surface area (Å²) in [5, 5.41) is 12.8. The molecule has 3 aromatic carbocycles. The average Bonchev–Trinajstić information content (AvgIpc) is 2.77. The van der Waals surface area contributed by atoms with Crippen molar-refractivity contribution in [1.82, 2.24) is 0 Å². The Bertz CT molecular complexity index is 1200. The molecule has 0 fully saturated rings. The number of carbonyl (C=O) groups excluding carboxylic acids is 1. The van der Waals surface area contributed by atoms with E-state index in [0.29, 0.717) is 35.1 Å². The van der Waals surface area contributed by atoms with Gasteiger partial charge in [0.05, 0.1) is 6.61 Å². The maximum absolute atomic E-state index is 12.6. The fourth-order valence-electron chi connectivity index (χ4n) is 3.05. The Labute approximate surface area is 209 Å². The summed E-state index contributed by atoms with van der Waals surface area (Å²) in [5.74, 6) is 0.119. The number of rotatable bonds is 7. The molecule has 0 saturated heterocycles. The Morgan fingerprint density at radius 2 is 1.88 bits per heavy atom. The number of benzene rings is 3. The van der Waals surface area contributed by atoms with Gasteiger partial charge in [0.15, 0.2) is 0 Å². The highest BCUT2D eigenvalue weighted by Gasteiger charge is 2.15. The predicted molar refractivity (Wildman–Crippen MR) is 136 cm³/mol. The van der Waals surface area contributed by atoms with Crippen LogP contribution in [0.1, 0.15) is 23.6 Å². The third kappa shape index (κ3) is 6.23. The predicted octanol–water partition coefficient (Wildman–Crippen LogP) is 7.40. The number of halogens is 3. The summed E-state index contributed by atoms with van der Waals surface area (Å²) in [7, 11) is 0. The normalized spacial score (nSPS) is 11.0. The number of hydrogen-bond acceptors (Lipinski definition) is 3. The van der Waals surface area contributed by atoms with Gasteiger partial charge in [-0.3, -0.25) is 4.79 Å². The minimum atomic E-state index is -0.499. The number of carbonyl (C=O) groups is 1. The van der Waals surface area contributed by atoms with E-state index in [2.05, 4.69) is 37.2 Å². The highest BCUT2D eigenvalue weighted by atomic mass is 79.9. The number of hydrogen-bond donors (Lipinski definition) is 1. The first kappa shape index (κ1) is 24.1. The van der Waals surface area contributed by atoms with Gasteiger partial charge in [-0.1, -0.05) is 61.7 Å². The molecule has 1 amide bonds. The van der Waals surface area contributed by atoms with E-state index in [4.69, 9.17) is 16.3 Å². The first-order valence-corrected chi connectivity index (χ1v) is 11.7. The van der Waals surface area contributed by atoms with Crippen molar-refractivity contribution in [3.05, 3.63) is 96.9 Å². The van der Waals surface area contributed by atoms with Crippen LogP contribution in [0.5, 0.6) is 5.75 Å². The van der Waals surface area contributed by atoms with Gasteiger partial charge in [-0.25, -0.2) is 0 Å². The van der Waals surface area contributed by atoms with E-state index < -0.39 is 5.91 Å². The number of nitrogens with zero attached hydrogens (tertiary/aromatic N) is 1. The highest BCUT2D eigenvalue weighted by Crippen LogP contribution is 2.33. The second-order valence-electron chi connectivity index (χ2n) is 6.81. The molecule has 162 valence electrons. The summed E-state index contributed by atoms with van der Waals surface area (Å²) in [5.41, 5.74) is 3.08. The van der Waals surface area contributed by atoms with E-state index in [0.717, 1.165) is 20.1 Å². The summed E-state index contributed by atoms with van der Waals surface area (Å²) < 4.78 is 7.72. The van der Waals surface area contributed by atoms with E-state index in [9.17, 15) is 10.1 Å². The van der Waals surface area contributed by atoms with Crippen molar-refractivity contribution in [1.29, 1.82) is 5.26 Å². The Morgan fingerprint density at radius 3 is 2.53 bits per heavy atom. The van der Waals surface area contributed by atoms with Crippen LogP contribution in [0.2, 0.25) is 5.02 Å². The molecular weight excluding hydrogens is 556 g/mol. The highest BCUT2D eigenvalue weighted by molar-refractivity contribution is 9.10. The molecule has 7 heteroatoms. The number of nitriles is 1. The zero-order valence-corrected chi connectivity index (χ0v) is 21.1. The third-order valence-electron chi connectivity index (χ3n) is 4.58. The van der Waals surface area contributed by atoms with Gasteiger partial charge in [-0.15, -0.1) is 0 Å². The maximum atomic E-state index is 12.6. The lowest BCUT2D eigenvalue weighted by atomic mass is 10.0. The van der Waals surface area contributed by atoms with Crippen LogP contribution >= 0.6 is 43.5 Å². The molecule has 0 saturated carbocycles. The van der Waals surface area contributed by atoms with E-state index in [1.54, 1.807) is 24.3 Å². The van der Waals surface area contributed by atoms with E-state index in [1.165, 1.54) is 6.08 Å². The molecule has 0 spiro atoms. The second kappa shape index (κ2) is 11.3. The quantitative estimate of drug-likeness (QED) is 0.236. The summed E-state index contributed by atoms with van der Waals surface area (Å²) >= 11 is 13.5. The summed E-state index contributed by atoms with van der Waals surface area (Å²) in [4.78, 5) is 12.6. The van der Waals surface area contributed by atoms with Crippen LogP contribution in [-0.4, -0.2) is 12.5 Å². The number of anilines is 1. The lowest BCUT2D eigenvalue weighted by Crippen LogP contribution is -2.13. The lowest BCUT2D eigenvalue weighted by Gasteiger charge is -2.14. The number of amides is 1. The molecule has 0 aliphatic rings. The molecule has 0 radical (unpaired) electrons. The Hall–Kier alpha value is -2.59. The van der Waals surface area contributed by atoms with Crippen LogP contribution in [0.15, 0.2) is 75.2 Å². The van der Waals surface area contributed by atoms with Crippen molar-refractivity contribution in [2.75, 3.05) is 11.9 Å². The van der Waals surface area contributed by atoms with Gasteiger partial charge in [-0.2, -0.15) is 5.26 Å². The van der Waals surface area contributed by atoms with Crippen LogP contribution in [0.4, 0.5) is 5.69 Å². The molecule has 3 aromatic rings. The molecular formula is C25H19Br2ClN2O2. The van der Waals surface area contributed by atoms with Gasteiger partial charge in [0.2, 0.25) is 0 Å². The Morgan fingerprint density at radius 1 is 1.16 bits per heavy atom. The van der Waals surface area contributed by atoms with Crippen molar-refractivity contribution in [3.63, 3.8) is 0 Å². The zero-order valence-electron chi connectivity index (χ0n) is 17.2. The molecule has 0 bridgehead atoms. The zero-order chi connectivity index (χ0) is 23.1. The minimum Gasteiger partial charge on any atom is -0.494 e. The maximum Gasteiger partial charge on any atom is 0.266 e. The van der Waals surface area contributed by atoms with Crippen molar-refractivity contribution >= 4 is 61.1 Å². The molecule has 1 N–H and O–H groups in total. The van der Waals surface area contributed by atoms with Gasteiger partial charge >= 0.3 is 0 Å². The van der Waals surface area contributed by atoms with Crippen molar-refractivity contribution in [3.8, 4) is 11.8 Å². The first-order valence-electron chi connectivity index (χ1n) is 9.78. The van der Waals surface area contributed by atoms with Gasteiger partial charge in [0.25, 0.3) is 5.91 Å². The third-order valence-corrected chi connectivity index (χ3v) is 6.22.